The molecule has 0 amide bonds. The molecule has 0 fully saturated rings. The third-order valence-corrected chi connectivity index (χ3v) is 2.27. The molecule has 0 aromatic carbocycles. The van der Waals surface area contributed by atoms with E-state index in [0.717, 1.165) is 5.65 Å². The lowest BCUT2D eigenvalue weighted by Crippen LogP contribution is -1.94. The minimum absolute atomic E-state index is 0.525. The highest BCUT2D eigenvalue weighted by Gasteiger charge is 2.05. The molecular formula is C11H14N2. The Morgan fingerprint density at radius 3 is 2.77 bits per heavy atom. The number of hydrogen-bond acceptors (Lipinski definition) is 1. The van der Waals surface area contributed by atoms with Crippen molar-refractivity contribution in [1.29, 1.82) is 0 Å². The van der Waals surface area contributed by atoms with Crippen molar-refractivity contribution in [2.24, 2.45) is 0 Å². The van der Waals surface area contributed by atoms with Crippen LogP contribution < -0.4 is 0 Å². The van der Waals surface area contributed by atoms with Gasteiger partial charge in [0.1, 0.15) is 5.65 Å². The lowest BCUT2D eigenvalue weighted by Gasteiger charge is -2.04. The Kier molecular flexibility index (Phi) is 1.83. The molecule has 0 radical (unpaired) electrons. The van der Waals surface area contributed by atoms with Gasteiger partial charge in [0.15, 0.2) is 0 Å². The monoisotopic (exact) mass is 174 g/mol. The van der Waals surface area contributed by atoms with E-state index in [0.29, 0.717) is 5.92 Å². The zero-order valence-corrected chi connectivity index (χ0v) is 8.28. The van der Waals surface area contributed by atoms with E-state index < -0.39 is 0 Å². The maximum atomic E-state index is 4.34. The molecule has 2 heteroatoms. The summed E-state index contributed by atoms with van der Waals surface area (Å²) in [6.45, 7) is 6.47. The van der Waals surface area contributed by atoms with Crippen molar-refractivity contribution in [2.45, 2.75) is 26.7 Å². The van der Waals surface area contributed by atoms with Gasteiger partial charge in [-0.3, -0.25) is 0 Å². The highest BCUT2D eigenvalue weighted by Crippen LogP contribution is 2.16. The first-order valence-corrected chi connectivity index (χ1v) is 4.62. The van der Waals surface area contributed by atoms with Gasteiger partial charge in [0.25, 0.3) is 0 Å². The first-order chi connectivity index (χ1) is 6.18. The number of rotatable bonds is 1. The van der Waals surface area contributed by atoms with Gasteiger partial charge in [-0.25, -0.2) is 4.98 Å². The van der Waals surface area contributed by atoms with Crippen LogP contribution in [0.3, 0.4) is 0 Å². The summed E-state index contributed by atoms with van der Waals surface area (Å²) in [6.07, 6.45) is 4.09. The van der Waals surface area contributed by atoms with E-state index in [1.807, 2.05) is 6.20 Å². The van der Waals surface area contributed by atoms with E-state index in [1.165, 1.54) is 11.3 Å². The predicted molar refractivity (Wildman–Crippen MR) is 54.0 cm³/mol. The quantitative estimate of drug-likeness (QED) is 0.649. The maximum absolute atomic E-state index is 4.34. The Hall–Kier alpha value is -1.31. The van der Waals surface area contributed by atoms with Crippen LogP contribution in [0.1, 0.15) is 31.0 Å². The number of hydrogen-bond donors (Lipinski definition) is 0. The number of fused-ring (bicyclic) bond motifs is 1. The molecule has 0 saturated heterocycles. The molecular weight excluding hydrogens is 160 g/mol. The highest BCUT2D eigenvalue weighted by molar-refractivity contribution is 5.42. The fraction of sp³-hybridized carbons (Fsp3) is 0.364. The van der Waals surface area contributed by atoms with E-state index in [2.05, 4.69) is 48.5 Å². The van der Waals surface area contributed by atoms with Crippen LogP contribution in [-0.4, -0.2) is 9.38 Å². The van der Waals surface area contributed by atoms with Crippen molar-refractivity contribution in [1.82, 2.24) is 9.38 Å². The summed E-state index contributed by atoms with van der Waals surface area (Å²) < 4.78 is 2.17. The Morgan fingerprint density at radius 2 is 2.08 bits per heavy atom. The highest BCUT2D eigenvalue weighted by atomic mass is 15.0. The molecule has 0 saturated carbocycles. The van der Waals surface area contributed by atoms with Crippen LogP contribution in [0, 0.1) is 6.92 Å². The van der Waals surface area contributed by atoms with Gasteiger partial charge in [0.2, 0.25) is 0 Å². The Morgan fingerprint density at radius 1 is 1.31 bits per heavy atom. The summed E-state index contributed by atoms with van der Waals surface area (Å²) in [6, 6.07) is 4.15. The molecule has 2 aromatic rings. The van der Waals surface area contributed by atoms with Gasteiger partial charge < -0.3 is 4.40 Å². The first-order valence-electron chi connectivity index (χ1n) is 4.62. The zero-order valence-electron chi connectivity index (χ0n) is 8.28. The second-order valence-corrected chi connectivity index (χ2v) is 3.77. The summed E-state index contributed by atoms with van der Waals surface area (Å²) in [7, 11) is 0. The third-order valence-electron chi connectivity index (χ3n) is 2.27. The Bertz CT molecular complexity index is 427. The minimum Gasteiger partial charge on any atom is -0.304 e. The van der Waals surface area contributed by atoms with Gasteiger partial charge >= 0.3 is 0 Å². The minimum atomic E-state index is 0.525. The van der Waals surface area contributed by atoms with Crippen LogP contribution in [0.15, 0.2) is 24.5 Å². The van der Waals surface area contributed by atoms with Crippen molar-refractivity contribution in [3.63, 3.8) is 0 Å². The first kappa shape index (κ1) is 8.30. The normalized spacial score (nSPS) is 11.4. The van der Waals surface area contributed by atoms with Gasteiger partial charge in [-0.2, -0.15) is 0 Å². The molecule has 13 heavy (non-hydrogen) atoms. The molecule has 0 N–H and O–H groups in total. The maximum Gasteiger partial charge on any atom is 0.136 e. The number of imidazole rings is 1. The zero-order chi connectivity index (χ0) is 9.42. The number of aromatic nitrogens is 2. The summed E-state index contributed by atoms with van der Waals surface area (Å²) in [5.41, 5.74) is 3.58. The molecule has 2 rings (SSSR count). The fourth-order valence-electron chi connectivity index (χ4n) is 1.53. The number of nitrogens with zero attached hydrogens (tertiary/aromatic N) is 2. The number of pyridine rings is 1. The Labute approximate surface area is 78.2 Å². The third kappa shape index (κ3) is 1.32. The van der Waals surface area contributed by atoms with Gasteiger partial charge in [-0.05, 0) is 24.5 Å². The van der Waals surface area contributed by atoms with Crippen LogP contribution in [0.25, 0.3) is 5.65 Å². The van der Waals surface area contributed by atoms with Crippen molar-refractivity contribution >= 4 is 5.65 Å². The van der Waals surface area contributed by atoms with Gasteiger partial charge in [-0.15, -0.1) is 0 Å². The molecule has 0 aliphatic carbocycles. The van der Waals surface area contributed by atoms with Crippen LogP contribution in [-0.2, 0) is 0 Å². The molecule has 0 aliphatic rings. The molecule has 2 heterocycles. The molecule has 0 spiro atoms. The molecule has 0 unspecified atom stereocenters. The van der Waals surface area contributed by atoms with Crippen LogP contribution in [0.4, 0.5) is 0 Å². The van der Waals surface area contributed by atoms with Crippen molar-refractivity contribution in [3.8, 4) is 0 Å². The molecule has 2 aromatic heterocycles. The van der Waals surface area contributed by atoms with Crippen LogP contribution in [0.2, 0.25) is 0 Å². The van der Waals surface area contributed by atoms with Crippen LogP contribution >= 0.6 is 0 Å². The van der Waals surface area contributed by atoms with Crippen molar-refractivity contribution in [2.75, 3.05) is 0 Å². The van der Waals surface area contributed by atoms with Gasteiger partial charge in [-0.1, -0.05) is 19.9 Å². The summed E-state index contributed by atoms with van der Waals surface area (Å²) in [5.74, 6) is 0.525. The summed E-state index contributed by atoms with van der Waals surface area (Å²) >= 11 is 0. The van der Waals surface area contributed by atoms with Crippen molar-refractivity contribution in [3.05, 3.63) is 35.8 Å². The predicted octanol–water partition coefficient (Wildman–Crippen LogP) is 2.77. The van der Waals surface area contributed by atoms with E-state index in [1.54, 1.807) is 0 Å². The lowest BCUT2D eigenvalue weighted by atomic mass is 10.1. The number of aryl methyl sites for hydroxylation is 1. The average molecular weight is 174 g/mol. The standard InChI is InChI=1S/C11H14N2/c1-8(2)10-6-12-11-5-4-9(3)7-13(10)11/h4-8H,1-3H3. The van der Waals surface area contributed by atoms with E-state index in [-0.39, 0.29) is 0 Å². The lowest BCUT2D eigenvalue weighted by molar-refractivity contribution is 0.807. The molecule has 0 aliphatic heterocycles. The molecule has 0 bridgehead atoms. The second kappa shape index (κ2) is 2.87. The smallest absolute Gasteiger partial charge is 0.136 e. The Balaban J connectivity index is 2.71. The van der Waals surface area contributed by atoms with E-state index in [4.69, 9.17) is 0 Å². The molecule has 2 nitrogen and oxygen atoms in total. The topological polar surface area (TPSA) is 17.3 Å². The van der Waals surface area contributed by atoms with Gasteiger partial charge in [0, 0.05) is 18.1 Å². The second-order valence-electron chi connectivity index (χ2n) is 3.77. The van der Waals surface area contributed by atoms with E-state index >= 15 is 0 Å². The van der Waals surface area contributed by atoms with E-state index in [9.17, 15) is 0 Å². The average Bonchev–Trinajstić information content (AvgIpc) is 2.46. The summed E-state index contributed by atoms with van der Waals surface area (Å²) in [5, 5.41) is 0. The summed E-state index contributed by atoms with van der Waals surface area (Å²) in [4.78, 5) is 4.34. The largest absolute Gasteiger partial charge is 0.304 e. The molecule has 68 valence electrons. The SMILES string of the molecule is Cc1ccc2ncc(C(C)C)n2c1. The fourth-order valence-corrected chi connectivity index (χ4v) is 1.53. The van der Waals surface area contributed by atoms with Crippen LogP contribution in [0.5, 0.6) is 0 Å². The van der Waals surface area contributed by atoms with Crippen molar-refractivity contribution < 1.29 is 0 Å². The molecule has 0 atom stereocenters. The van der Waals surface area contributed by atoms with Gasteiger partial charge in [0.05, 0.1) is 0 Å².